The summed E-state index contributed by atoms with van der Waals surface area (Å²) in [6.45, 7) is 4.88. The molecule has 6 heteroatoms. The van der Waals surface area contributed by atoms with E-state index in [0.717, 1.165) is 24.9 Å². The molecule has 1 aromatic rings. The van der Waals surface area contributed by atoms with Crippen LogP contribution in [0.25, 0.3) is 0 Å². The van der Waals surface area contributed by atoms with E-state index in [1.165, 1.54) is 0 Å². The highest BCUT2D eigenvalue weighted by atomic mass is 19.1. The minimum atomic E-state index is -0.379. The molecule has 0 bridgehead atoms. The molecule has 3 aliphatic rings. The third-order valence-electron chi connectivity index (χ3n) is 5.50. The first-order valence-corrected chi connectivity index (χ1v) is 8.63. The van der Waals surface area contributed by atoms with Crippen LogP contribution < -0.4 is 0 Å². The molecule has 0 spiro atoms. The van der Waals surface area contributed by atoms with Gasteiger partial charge in [-0.05, 0) is 37.0 Å². The lowest BCUT2D eigenvalue weighted by Gasteiger charge is -2.47. The summed E-state index contributed by atoms with van der Waals surface area (Å²) in [5, 5.41) is 0. The van der Waals surface area contributed by atoms with Crippen LogP contribution in [0.3, 0.4) is 0 Å². The van der Waals surface area contributed by atoms with Gasteiger partial charge in [-0.15, -0.1) is 0 Å². The van der Waals surface area contributed by atoms with Crippen LogP contribution in [0.4, 0.5) is 4.39 Å². The monoisotopic (exact) mass is 331 g/mol. The second-order valence-electron chi connectivity index (χ2n) is 7.06. The molecular weight excluding hydrogens is 309 g/mol. The Bertz CT molecular complexity index is 693. The first-order chi connectivity index (χ1) is 11.5. The van der Waals surface area contributed by atoms with Crippen molar-refractivity contribution in [2.45, 2.75) is 38.4 Å². The number of piperazine rings is 2. The van der Waals surface area contributed by atoms with E-state index in [2.05, 4.69) is 4.90 Å². The number of rotatable bonds is 2. The fraction of sp³-hybridized carbons (Fsp3) is 0.556. The van der Waals surface area contributed by atoms with Crippen molar-refractivity contribution in [2.75, 3.05) is 26.2 Å². The Hall–Kier alpha value is -1.95. The average molecular weight is 331 g/mol. The lowest BCUT2D eigenvalue weighted by Crippen LogP contribution is -2.68. The molecule has 0 aliphatic carbocycles. The van der Waals surface area contributed by atoms with E-state index in [4.69, 9.17) is 0 Å². The predicted octanol–water partition coefficient (Wildman–Crippen LogP) is 1.15. The third-order valence-corrected chi connectivity index (χ3v) is 5.50. The number of carbonyl (C=O) groups is 2. The first kappa shape index (κ1) is 15.6. The number of fused-ring (bicyclic) bond motifs is 2. The summed E-state index contributed by atoms with van der Waals surface area (Å²) < 4.78 is 13.7. The highest BCUT2D eigenvalue weighted by molar-refractivity contribution is 5.97. The molecule has 128 valence electrons. The molecular formula is C18H22FN3O2. The van der Waals surface area contributed by atoms with Gasteiger partial charge >= 0.3 is 0 Å². The lowest BCUT2D eigenvalue weighted by atomic mass is 10.0. The van der Waals surface area contributed by atoms with Crippen molar-refractivity contribution < 1.29 is 14.0 Å². The van der Waals surface area contributed by atoms with E-state index >= 15 is 0 Å². The van der Waals surface area contributed by atoms with Gasteiger partial charge in [-0.1, -0.05) is 12.1 Å². The molecule has 3 aliphatic heterocycles. The first-order valence-electron chi connectivity index (χ1n) is 8.63. The van der Waals surface area contributed by atoms with Gasteiger partial charge in [-0.2, -0.15) is 0 Å². The summed E-state index contributed by atoms with van der Waals surface area (Å²) in [5.41, 5.74) is 1.54. The number of benzene rings is 1. The zero-order valence-electron chi connectivity index (χ0n) is 13.9. The predicted molar refractivity (Wildman–Crippen MR) is 86.7 cm³/mol. The fourth-order valence-electron chi connectivity index (χ4n) is 4.12. The number of carbonyl (C=O) groups excluding carboxylic acids is 2. The molecule has 2 atom stereocenters. The van der Waals surface area contributed by atoms with Gasteiger partial charge in [-0.3, -0.25) is 14.5 Å². The average Bonchev–Trinajstić information content (AvgIpc) is 3.06. The van der Waals surface area contributed by atoms with Crippen molar-refractivity contribution in [2.24, 2.45) is 0 Å². The van der Waals surface area contributed by atoms with Crippen molar-refractivity contribution in [3.63, 3.8) is 0 Å². The summed E-state index contributed by atoms with van der Waals surface area (Å²) in [4.78, 5) is 31.0. The maximum atomic E-state index is 13.7. The Balaban J connectivity index is 1.49. The second kappa shape index (κ2) is 5.84. The van der Waals surface area contributed by atoms with Crippen LogP contribution in [-0.2, 0) is 16.1 Å². The van der Waals surface area contributed by atoms with Crippen molar-refractivity contribution in [1.82, 2.24) is 14.7 Å². The highest BCUT2D eigenvalue weighted by Crippen LogP contribution is 2.29. The van der Waals surface area contributed by atoms with Crippen LogP contribution in [0.5, 0.6) is 0 Å². The van der Waals surface area contributed by atoms with Crippen LogP contribution in [0.15, 0.2) is 18.2 Å². The van der Waals surface area contributed by atoms with E-state index < -0.39 is 0 Å². The molecule has 0 saturated carbocycles. The topological polar surface area (TPSA) is 43.9 Å². The van der Waals surface area contributed by atoms with Crippen LogP contribution >= 0.6 is 0 Å². The van der Waals surface area contributed by atoms with E-state index in [9.17, 15) is 14.0 Å². The Kier molecular flexibility index (Phi) is 3.79. The zero-order valence-corrected chi connectivity index (χ0v) is 13.9. The second-order valence-corrected chi connectivity index (χ2v) is 7.06. The SMILES string of the molecule is Cc1ccc(CN2CCN3C(=O)[C@@H]4CCCN4C(=O)[C@H]3C2)cc1F. The van der Waals surface area contributed by atoms with Gasteiger partial charge in [0.1, 0.15) is 17.9 Å². The molecule has 0 unspecified atom stereocenters. The van der Waals surface area contributed by atoms with Gasteiger partial charge in [0.15, 0.2) is 0 Å². The van der Waals surface area contributed by atoms with Crippen LogP contribution in [0.1, 0.15) is 24.0 Å². The van der Waals surface area contributed by atoms with Crippen LogP contribution in [0, 0.1) is 12.7 Å². The van der Waals surface area contributed by atoms with Gasteiger partial charge in [0.25, 0.3) is 0 Å². The number of hydrogen-bond donors (Lipinski definition) is 0. The van der Waals surface area contributed by atoms with Gasteiger partial charge < -0.3 is 9.80 Å². The van der Waals surface area contributed by atoms with E-state index in [1.807, 2.05) is 6.07 Å². The van der Waals surface area contributed by atoms with Crippen molar-refractivity contribution in [3.8, 4) is 0 Å². The number of amides is 2. The largest absolute Gasteiger partial charge is 0.329 e. The van der Waals surface area contributed by atoms with Crippen molar-refractivity contribution in [3.05, 3.63) is 35.1 Å². The van der Waals surface area contributed by atoms with Crippen LogP contribution in [-0.4, -0.2) is 64.8 Å². The molecule has 3 heterocycles. The molecule has 0 aromatic heterocycles. The quantitative estimate of drug-likeness (QED) is 0.817. The Morgan fingerprint density at radius 2 is 1.83 bits per heavy atom. The lowest BCUT2D eigenvalue weighted by molar-refractivity contribution is -0.163. The highest BCUT2D eigenvalue weighted by Gasteiger charge is 2.49. The summed E-state index contributed by atoms with van der Waals surface area (Å²) in [5.74, 6) is -0.00928. The maximum Gasteiger partial charge on any atom is 0.247 e. The van der Waals surface area contributed by atoms with E-state index in [0.29, 0.717) is 31.7 Å². The Morgan fingerprint density at radius 3 is 2.62 bits per heavy atom. The number of aryl methyl sites for hydroxylation is 1. The maximum absolute atomic E-state index is 13.7. The van der Waals surface area contributed by atoms with Crippen LogP contribution in [0.2, 0.25) is 0 Å². The minimum absolute atomic E-state index is 0.0805. The molecule has 5 nitrogen and oxygen atoms in total. The molecule has 3 saturated heterocycles. The standard InChI is InChI=1S/C18H22FN3O2/c1-12-4-5-13(9-14(12)19)10-20-7-8-22-16(11-20)18(24)21-6-2-3-15(21)17(22)23/h4-5,9,15-16H,2-3,6-8,10-11H2,1H3/t15-,16+/m0/s1. The van der Waals surface area contributed by atoms with Gasteiger partial charge in [0, 0.05) is 32.7 Å². The molecule has 2 amide bonds. The Morgan fingerprint density at radius 1 is 1.08 bits per heavy atom. The van der Waals surface area contributed by atoms with Gasteiger partial charge in [-0.25, -0.2) is 4.39 Å². The van der Waals surface area contributed by atoms with Gasteiger partial charge in [0.2, 0.25) is 11.8 Å². The normalized spacial score (nSPS) is 27.4. The van der Waals surface area contributed by atoms with Gasteiger partial charge in [0.05, 0.1) is 0 Å². The summed E-state index contributed by atoms with van der Waals surface area (Å²) in [6, 6.07) is 4.66. The number of halogens is 1. The molecule has 4 rings (SSSR count). The van der Waals surface area contributed by atoms with Crippen molar-refractivity contribution >= 4 is 11.8 Å². The Labute approximate surface area is 141 Å². The fourth-order valence-corrected chi connectivity index (χ4v) is 4.12. The van der Waals surface area contributed by atoms with Crippen molar-refractivity contribution in [1.29, 1.82) is 0 Å². The molecule has 24 heavy (non-hydrogen) atoms. The number of nitrogens with zero attached hydrogens (tertiary/aromatic N) is 3. The molecule has 0 radical (unpaired) electrons. The summed E-state index contributed by atoms with van der Waals surface area (Å²) >= 11 is 0. The molecule has 1 aromatic carbocycles. The third kappa shape index (κ3) is 2.49. The smallest absolute Gasteiger partial charge is 0.247 e. The van der Waals surface area contributed by atoms with E-state index in [1.54, 1.807) is 28.9 Å². The minimum Gasteiger partial charge on any atom is -0.329 e. The zero-order chi connectivity index (χ0) is 16.8. The summed E-state index contributed by atoms with van der Waals surface area (Å²) in [6.07, 6.45) is 1.70. The van der Waals surface area contributed by atoms with E-state index in [-0.39, 0.29) is 29.7 Å². The summed E-state index contributed by atoms with van der Waals surface area (Å²) in [7, 11) is 0. The number of hydrogen-bond acceptors (Lipinski definition) is 3. The molecule has 0 N–H and O–H groups in total. The molecule has 3 fully saturated rings.